The summed E-state index contributed by atoms with van der Waals surface area (Å²) < 4.78 is 0. The van der Waals surface area contributed by atoms with E-state index in [2.05, 4.69) is 20.5 Å². The number of anilines is 1. The van der Waals surface area contributed by atoms with E-state index in [0.29, 0.717) is 16.4 Å². The Hall–Kier alpha value is -2.42. The van der Waals surface area contributed by atoms with Crippen LogP contribution in [0.1, 0.15) is 18.3 Å². The lowest BCUT2D eigenvalue weighted by Crippen LogP contribution is -2.14. The molecule has 1 heterocycles. The number of aryl methyl sites for hydroxylation is 2. The molecule has 1 aromatic heterocycles. The van der Waals surface area contributed by atoms with Crippen molar-refractivity contribution in [3.8, 4) is 0 Å². The molecule has 0 radical (unpaired) electrons. The predicted octanol–water partition coefficient (Wildman–Crippen LogP) is 2.31. The molecule has 0 fully saturated rings. The summed E-state index contributed by atoms with van der Waals surface area (Å²) >= 11 is 1.20. The highest BCUT2D eigenvalue weighted by Crippen LogP contribution is 2.22. The third-order valence-corrected chi connectivity index (χ3v) is 3.72. The highest BCUT2D eigenvalue weighted by Gasteiger charge is 2.13. The van der Waals surface area contributed by atoms with E-state index in [4.69, 9.17) is 0 Å². The Morgan fingerprint density at radius 3 is 2.91 bits per heavy atom. The quantitative estimate of drug-likeness (QED) is 0.479. The molecule has 22 heavy (non-hydrogen) atoms. The van der Waals surface area contributed by atoms with Gasteiger partial charge >= 0.3 is 0 Å². The third kappa shape index (κ3) is 4.04. The van der Waals surface area contributed by atoms with Gasteiger partial charge in [0.15, 0.2) is 0 Å². The van der Waals surface area contributed by atoms with Crippen LogP contribution in [0.25, 0.3) is 0 Å². The Morgan fingerprint density at radius 2 is 2.27 bits per heavy atom. The minimum absolute atomic E-state index is 0.0213. The van der Waals surface area contributed by atoms with E-state index in [-0.39, 0.29) is 17.3 Å². The molecule has 0 aliphatic heterocycles. The summed E-state index contributed by atoms with van der Waals surface area (Å²) in [5.41, 5.74) is 0.921. The van der Waals surface area contributed by atoms with E-state index in [1.807, 2.05) is 6.92 Å². The highest BCUT2D eigenvalue weighted by atomic mass is 32.2. The van der Waals surface area contributed by atoms with Gasteiger partial charge in [0, 0.05) is 23.7 Å². The fourth-order valence-corrected chi connectivity index (χ4v) is 2.33. The van der Waals surface area contributed by atoms with Crippen molar-refractivity contribution in [2.24, 2.45) is 0 Å². The van der Waals surface area contributed by atoms with Gasteiger partial charge in [-0.05, 0) is 13.0 Å². The second-order valence-corrected chi connectivity index (χ2v) is 5.46. The van der Waals surface area contributed by atoms with E-state index in [9.17, 15) is 14.9 Å². The van der Waals surface area contributed by atoms with E-state index >= 15 is 0 Å². The number of thioether (sulfide) groups is 1. The number of hydrogen-bond donors (Lipinski definition) is 2. The Labute approximate surface area is 130 Å². The molecule has 0 aliphatic carbocycles. The number of nitro groups is 1. The first-order chi connectivity index (χ1) is 10.5. The van der Waals surface area contributed by atoms with Crippen molar-refractivity contribution in [2.45, 2.75) is 25.4 Å². The van der Waals surface area contributed by atoms with E-state index in [0.717, 1.165) is 12.2 Å². The van der Waals surface area contributed by atoms with Crippen LogP contribution in [0.5, 0.6) is 0 Å². The zero-order chi connectivity index (χ0) is 16.1. The molecule has 0 spiro atoms. The van der Waals surface area contributed by atoms with Gasteiger partial charge in [0.2, 0.25) is 11.1 Å². The van der Waals surface area contributed by atoms with Crippen molar-refractivity contribution in [2.75, 3.05) is 11.1 Å². The number of benzene rings is 1. The zero-order valence-corrected chi connectivity index (χ0v) is 12.9. The Morgan fingerprint density at radius 1 is 1.50 bits per heavy atom. The summed E-state index contributed by atoms with van der Waals surface area (Å²) in [6.07, 6.45) is 0.743. The fourth-order valence-electron chi connectivity index (χ4n) is 1.71. The average molecular weight is 321 g/mol. The van der Waals surface area contributed by atoms with Gasteiger partial charge in [0.1, 0.15) is 5.82 Å². The summed E-state index contributed by atoms with van der Waals surface area (Å²) in [5, 5.41) is 20.7. The summed E-state index contributed by atoms with van der Waals surface area (Å²) in [5.74, 6) is 0.617. The molecule has 116 valence electrons. The van der Waals surface area contributed by atoms with E-state index in [1.54, 1.807) is 19.1 Å². The van der Waals surface area contributed by atoms with Crippen LogP contribution in [0.15, 0.2) is 23.4 Å². The molecule has 2 rings (SSSR count). The van der Waals surface area contributed by atoms with Crippen LogP contribution < -0.4 is 5.32 Å². The molecular weight excluding hydrogens is 306 g/mol. The van der Waals surface area contributed by atoms with Crippen LogP contribution in [-0.2, 0) is 11.2 Å². The van der Waals surface area contributed by atoms with Crippen molar-refractivity contribution >= 4 is 29.0 Å². The summed E-state index contributed by atoms with van der Waals surface area (Å²) in [6, 6.07) is 4.58. The molecule has 2 aromatic rings. The largest absolute Gasteiger partial charge is 0.325 e. The van der Waals surface area contributed by atoms with Gasteiger partial charge in [-0.3, -0.25) is 20.0 Å². The van der Waals surface area contributed by atoms with Gasteiger partial charge in [-0.25, -0.2) is 4.98 Å². The Kier molecular flexibility index (Phi) is 5.10. The first kappa shape index (κ1) is 16.0. The van der Waals surface area contributed by atoms with Crippen LogP contribution in [0.3, 0.4) is 0 Å². The van der Waals surface area contributed by atoms with Crippen LogP contribution in [0, 0.1) is 17.0 Å². The zero-order valence-electron chi connectivity index (χ0n) is 12.1. The normalized spacial score (nSPS) is 10.5. The fraction of sp³-hybridized carbons (Fsp3) is 0.308. The first-order valence-electron chi connectivity index (χ1n) is 6.58. The molecule has 0 saturated heterocycles. The number of rotatable bonds is 6. The van der Waals surface area contributed by atoms with Crippen molar-refractivity contribution in [1.82, 2.24) is 15.2 Å². The number of H-pyrrole nitrogens is 1. The van der Waals surface area contributed by atoms with Crippen LogP contribution >= 0.6 is 11.8 Å². The molecule has 9 heteroatoms. The van der Waals surface area contributed by atoms with Gasteiger partial charge in [-0.1, -0.05) is 24.8 Å². The number of aromatic nitrogens is 3. The Bertz CT molecular complexity index is 701. The van der Waals surface area contributed by atoms with Gasteiger partial charge in [0.05, 0.1) is 10.7 Å². The summed E-state index contributed by atoms with van der Waals surface area (Å²) in [7, 11) is 0. The molecule has 0 aliphatic rings. The maximum Gasteiger partial charge on any atom is 0.274 e. The number of aromatic amines is 1. The number of hydrogen-bond acceptors (Lipinski definition) is 6. The lowest BCUT2D eigenvalue weighted by atomic mass is 10.2. The van der Waals surface area contributed by atoms with Gasteiger partial charge in [0.25, 0.3) is 5.69 Å². The van der Waals surface area contributed by atoms with E-state index in [1.165, 1.54) is 17.8 Å². The maximum absolute atomic E-state index is 11.9. The molecule has 1 aromatic carbocycles. The van der Waals surface area contributed by atoms with Gasteiger partial charge in [-0.15, -0.1) is 5.10 Å². The average Bonchev–Trinajstić information content (AvgIpc) is 2.95. The van der Waals surface area contributed by atoms with Crippen molar-refractivity contribution in [3.05, 3.63) is 39.7 Å². The topological polar surface area (TPSA) is 114 Å². The number of nitro benzene ring substituents is 1. The molecule has 2 N–H and O–H groups in total. The lowest BCUT2D eigenvalue weighted by molar-refractivity contribution is -0.385. The van der Waals surface area contributed by atoms with E-state index < -0.39 is 4.92 Å². The minimum Gasteiger partial charge on any atom is -0.325 e. The van der Waals surface area contributed by atoms with Crippen LogP contribution in [0.4, 0.5) is 11.4 Å². The van der Waals surface area contributed by atoms with Crippen molar-refractivity contribution < 1.29 is 9.72 Å². The molecule has 8 nitrogen and oxygen atoms in total. The van der Waals surface area contributed by atoms with Crippen LogP contribution in [-0.4, -0.2) is 31.8 Å². The third-order valence-electron chi connectivity index (χ3n) is 2.87. The second kappa shape index (κ2) is 7.03. The minimum atomic E-state index is -0.473. The molecule has 0 bridgehead atoms. The van der Waals surface area contributed by atoms with Crippen LogP contribution in [0.2, 0.25) is 0 Å². The summed E-state index contributed by atoms with van der Waals surface area (Å²) in [4.78, 5) is 26.4. The maximum atomic E-state index is 11.9. The molecule has 0 atom stereocenters. The summed E-state index contributed by atoms with van der Waals surface area (Å²) in [6.45, 7) is 3.60. The predicted molar refractivity (Wildman–Crippen MR) is 82.9 cm³/mol. The SMILES string of the molecule is CCc1nc(SCC(=O)Nc2ccc(C)c([N+](=O)[O-])c2)n[nH]1. The number of nitrogens with one attached hydrogen (secondary N) is 2. The number of amides is 1. The molecule has 0 unspecified atom stereocenters. The number of carbonyl (C=O) groups excluding carboxylic acids is 1. The van der Waals surface area contributed by atoms with Crippen molar-refractivity contribution in [1.29, 1.82) is 0 Å². The molecular formula is C13H15N5O3S. The monoisotopic (exact) mass is 321 g/mol. The Balaban J connectivity index is 1.94. The molecule has 0 saturated carbocycles. The lowest BCUT2D eigenvalue weighted by Gasteiger charge is -2.05. The first-order valence-corrected chi connectivity index (χ1v) is 7.57. The second-order valence-electron chi connectivity index (χ2n) is 4.51. The van der Waals surface area contributed by atoms with Gasteiger partial charge in [-0.2, -0.15) is 0 Å². The number of carbonyl (C=O) groups is 1. The molecule has 1 amide bonds. The number of nitrogens with zero attached hydrogens (tertiary/aromatic N) is 3. The standard InChI is InChI=1S/C13H15N5O3S/c1-3-11-15-13(17-16-11)22-7-12(19)14-9-5-4-8(2)10(6-9)18(20)21/h4-6H,3,7H2,1-2H3,(H,14,19)(H,15,16,17). The van der Waals surface area contributed by atoms with Crippen molar-refractivity contribution in [3.63, 3.8) is 0 Å². The smallest absolute Gasteiger partial charge is 0.274 e. The van der Waals surface area contributed by atoms with Gasteiger partial charge < -0.3 is 5.32 Å². The highest BCUT2D eigenvalue weighted by molar-refractivity contribution is 7.99.